The summed E-state index contributed by atoms with van der Waals surface area (Å²) in [6.07, 6.45) is 3.69. The number of rotatable bonds is 9. The lowest BCUT2D eigenvalue weighted by Crippen LogP contribution is -2.30. The van der Waals surface area contributed by atoms with Crippen LogP contribution in [0.3, 0.4) is 0 Å². The smallest absolute Gasteiger partial charge is 0.295 e. The predicted molar refractivity (Wildman–Crippen MR) is 154 cm³/mol. The highest BCUT2D eigenvalue weighted by atomic mass is 32.2. The van der Waals surface area contributed by atoms with Crippen LogP contribution in [-0.2, 0) is 24.9 Å². The van der Waals surface area contributed by atoms with Crippen LogP contribution in [0.15, 0.2) is 70.6 Å². The van der Waals surface area contributed by atoms with Gasteiger partial charge >= 0.3 is 0 Å². The maximum absolute atomic E-state index is 13.3. The number of benzene rings is 2. The lowest BCUT2D eigenvalue weighted by Gasteiger charge is -2.26. The van der Waals surface area contributed by atoms with E-state index in [4.69, 9.17) is 0 Å². The molecule has 1 N–H and O–H groups in total. The minimum atomic E-state index is -0.490. The van der Waals surface area contributed by atoms with Gasteiger partial charge in [0, 0.05) is 7.05 Å². The fraction of sp³-hybridized carbons (Fsp3) is 0.379. The number of nitrogens with one attached hydrogen (secondary N) is 1. The molecule has 1 amide bonds. The Kier molecular flexibility index (Phi) is 8.33. The number of amides is 1. The Morgan fingerprint density at radius 2 is 1.64 bits per heavy atom. The van der Waals surface area contributed by atoms with Gasteiger partial charge in [-0.3, -0.25) is 19.2 Å². The van der Waals surface area contributed by atoms with Crippen LogP contribution in [-0.4, -0.2) is 53.3 Å². The second-order valence-electron chi connectivity index (χ2n) is 9.99. The van der Waals surface area contributed by atoms with Gasteiger partial charge in [0.05, 0.1) is 29.7 Å². The van der Waals surface area contributed by atoms with Gasteiger partial charge in [0.25, 0.3) is 5.56 Å². The predicted octanol–water partition coefficient (Wildman–Crippen LogP) is 4.23. The van der Waals surface area contributed by atoms with Gasteiger partial charge in [-0.2, -0.15) is 0 Å². The quantitative estimate of drug-likeness (QED) is 0.317. The number of carbonyl (C=O) groups excluding carboxylic acids is 1. The fourth-order valence-corrected chi connectivity index (χ4v) is 5.78. The molecule has 9 nitrogen and oxygen atoms in total. The first-order chi connectivity index (χ1) is 18.9. The molecule has 5 rings (SSSR count). The normalized spacial score (nSPS) is 14.8. The van der Waals surface area contributed by atoms with Crippen molar-refractivity contribution in [2.24, 2.45) is 7.05 Å². The first-order valence-corrected chi connectivity index (χ1v) is 14.3. The molecule has 1 unspecified atom stereocenters. The molecule has 0 aliphatic carbocycles. The molecule has 1 aliphatic rings. The highest BCUT2D eigenvalue weighted by Gasteiger charge is 2.25. The van der Waals surface area contributed by atoms with Gasteiger partial charge in [0.2, 0.25) is 5.91 Å². The molecule has 0 radical (unpaired) electrons. The summed E-state index contributed by atoms with van der Waals surface area (Å²) in [5.74, 6) is 0.651. The van der Waals surface area contributed by atoms with E-state index in [9.17, 15) is 9.59 Å². The van der Waals surface area contributed by atoms with Gasteiger partial charge in [-0.15, -0.1) is 10.2 Å². The summed E-state index contributed by atoms with van der Waals surface area (Å²) in [6, 6.07) is 19.6. The van der Waals surface area contributed by atoms with Crippen LogP contribution < -0.4 is 10.9 Å². The summed E-state index contributed by atoms with van der Waals surface area (Å²) in [7, 11) is 1.81. The number of hydrogen-bond donors (Lipinski definition) is 1. The fourth-order valence-electron chi connectivity index (χ4n) is 4.91. The lowest BCUT2D eigenvalue weighted by molar-refractivity contribution is -0.115. The molecule has 1 atom stereocenters. The Morgan fingerprint density at radius 1 is 0.974 bits per heavy atom. The summed E-state index contributed by atoms with van der Waals surface area (Å²) in [5.41, 5.74) is 2.60. The van der Waals surface area contributed by atoms with E-state index in [0.29, 0.717) is 17.4 Å². The molecule has 2 aromatic carbocycles. The summed E-state index contributed by atoms with van der Waals surface area (Å²) >= 11 is 1.36. The molecule has 3 heterocycles. The molecule has 0 bridgehead atoms. The number of thioether (sulfide) groups is 1. The third-order valence-electron chi connectivity index (χ3n) is 7.24. The van der Waals surface area contributed by atoms with Crippen molar-refractivity contribution >= 4 is 23.4 Å². The van der Waals surface area contributed by atoms with Crippen molar-refractivity contribution in [2.45, 2.75) is 56.6 Å². The Balaban J connectivity index is 1.35. The minimum Gasteiger partial charge on any atom is -0.319 e. The van der Waals surface area contributed by atoms with E-state index in [1.54, 1.807) is 9.36 Å². The summed E-state index contributed by atoms with van der Waals surface area (Å²) < 4.78 is 5.44. The Labute approximate surface area is 232 Å². The van der Waals surface area contributed by atoms with Gasteiger partial charge in [-0.1, -0.05) is 66.7 Å². The molecule has 1 aliphatic heterocycles. The maximum Gasteiger partial charge on any atom is 0.295 e. The largest absolute Gasteiger partial charge is 0.319 e. The van der Waals surface area contributed by atoms with Crippen molar-refractivity contribution in [3.05, 3.63) is 88.1 Å². The topological polar surface area (TPSA) is 90.0 Å². The SMILES string of the molecule is Cc1c(NC(=O)C(C)Sc2nnc(CN3CCCCC3)n2Cc2ccccc2)c(=O)n(-c2ccccc2)n1C. The van der Waals surface area contributed by atoms with Crippen molar-refractivity contribution in [2.75, 3.05) is 18.4 Å². The third-order valence-corrected chi connectivity index (χ3v) is 8.32. The minimum absolute atomic E-state index is 0.252. The molecule has 10 heteroatoms. The molecule has 0 saturated carbocycles. The zero-order valence-electron chi connectivity index (χ0n) is 22.7. The van der Waals surface area contributed by atoms with Crippen LogP contribution in [0.25, 0.3) is 5.69 Å². The van der Waals surface area contributed by atoms with Crippen LogP contribution in [0, 0.1) is 6.92 Å². The zero-order valence-corrected chi connectivity index (χ0v) is 23.5. The number of carbonyl (C=O) groups is 1. The first kappa shape index (κ1) is 27.0. The Bertz CT molecular complexity index is 1470. The Morgan fingerprint density at radius 3 is 2.33 bits per heavy atom. The van der Waals surface area contributed by atoms with Crippen molar-refractivity contribution in [3.63, 3.8) is 0 Å². The summed E-state index contributed by atoms with van der Waals surface area (Å²) in [4.78, 5) is 29.0. The highest BCUT2D eigenvalue weighted by molar-refractivity contribution is 8.00. The molecule has 204 valence electrons. The van der Waals surface area contributed by atoms with E-state index in [2.05, 4.69) is 37.1 Å². The second-order valence-corrected chi connectivity index (χ2v) is 11.3. The summed E-state index contributed by atoms with van der Waals surface area (Å²) in [6.45, 7) is 7.17. The number of para-hydroxylation sites is 1. The third kappa shape index (κ3) is 6.02. The van der Waals surface area contributed by atoms with Gasteiger partial charge < -0.3 is 9.88 Å². The molecule has 0 spiro atoms. The van der Waals surface area contributed by atoms with E-state index in [0.717, 1.165) is 36.7 Å². The van der Waals surface area contributed by atoms with Crippen LogP contribution in [0.5, 0.6) is 0 Å². The van der Waals surface area contributed by atoms with Crippen molar-refractivity contribution in [3.8, 4) is 5.69 Å². The van der Waals surface area contributed by atoms with E-state index in [1.165, 1.54) is 31.0 Å². The zero-order chi connectivity index (χ0) is 27.4. The van der Waals surface area contributed by atoms with E-state index in [-0.39, 0.29) is 17.2 Å². The number of nitrogens with zero attached hydrogens (tertiary/aromatic N) is 6. The number of piperidine rings is 1. The molecule has 39 heavy (non-hydrogen) atoms. The maximum atomic E-state index is 13.3. The van der Waals surface area contributed by atoms with E-state index in [1.807, 2.05) is 69.4 Å². The van der Waals surface area contributed by atoms with Crippen LogP contribution >= 0.6 is 11.8 Å². The number of aromatic nitrogens is 5. The van der Waals surface area contributed by atoms with Crippen LogP contribution in [0.2, 0.25) is 0 Å². The molecule has 1 saturated heterocycles. The van der Waals surface area contributed by atoms with E-state index < -0.39 is 5.25 Å². The number of likely N-dealkylation sites (tertiary alicyclic amines) is 1. The molecule has 4 aromatic rings. The van der Waals surface area contributed by atoms with Gasteiger partial charge in [-0.25, -0.2) is 4.68 Å². The molecular weight excluding hydrogens is 510 g/mol. The number of hydrogen-bond acceptors (Lipinski definition) is 6. The first-order valence-electron chi connectivity index (χ1n) is 13.4. The standard InChI is InChI=1S/C29H35N7O2S/c1-21-26(28(38)36(33(21)3)24-15-9-5-10-16-24)30-27(37)22(2)39-29-32-31-25(20-34-17-11-6-12-18-34)35(29)19-23-13-7-4-8-14-23/h4-5,7-10,13-16,22H,6,11-12,17-20H2,1-3H3,(H,30,37). The van der Waals surface area contributed by atoms with Crippen molar-refractivity contribution < 1.29 is 4.79 Å². The molecule has 2 aromatic heterocycles. The van der Waals surface area contributed by atoms with Gasteiger partial charge in [0.1, 0.15) is 11.5 Å². The average Bonchev–Trinajstić information content (AvgIpc) is 3.42. The second kappa shape index (κ2) is 12.0. The van der Waals surface area contributed by atoms with Gasteiger partial charge in [0.15, 0.2) is 5.16 Å². The molecule has 1 fully saturated rings. The number of anilines is 1. The summed E-state index contributed by atoms with van der Waals surface area (Å²) in [5, 5.41) is 12.1. The van der Waals surface area contributed by atoms with Crippen LogP contribution in [0.4, 0.5) is 5.69 Å². The average molecular weight is 546 g/mol. The van der Waals surface area contributed by atoms with Crippen molar-refractivity contribution in [1.82, 2.24) is 29.0 Å². The molecular formula is C29H35N7O2S. The highest BCUT2D eigenvalue weighted by Crippen LogP contribution is 2.26. The van der Waals surface area contributed by atoms with Crippen molar-refractivity contribution in [1.29, 1.82) is 0 Å². The Hall–Kier alpha value is -3.63. The van der Waals surface area contributed by atoms with E-state index >= 15 is 0 Å². The lowest BCUT2D eigenvalue weighted by atomic mass is 10.1. The monoisotopic (exact) mass is 545 g/mol. The van der Waals surface area contributed by atoms with Gasteiger partial charge in [-0.05, 0) is 57.5 Å². The van der Waals surface area contributed by atoms with Crippen LogP contribution in [0.1, 0.15) is 43.3 Å².